The first-order chi connectivity index (χ1) is 14.8. The fraction of sp³-hybridized carbons (Fsp3) is 0.0909. The van der Waals surface area contributed by atoms with Crippen LogP contribution in [0.5, 0.6) is 0 Å². The molecule has 0 bridgehead atoms. The SMILES string of the molecule is Cc1ccc(-c2ccc(/C=C3\SC(=O)N(Cc4ccc(F)cc4)C3=O)o2)c([N+](=O)[O-])c1. The molecule has 1 fully saturated rings. The number of hydrogen-bond acceptors (Lipinski definition) is 6. The van der Waals surface area contributed by atoms with Crippen molar-refractivity contribution in [1.82, 2.24) is 4.90 Å². The van der Waals surface area contributed by atoms with Gasteiger partial charge in [0.15, 0.2) is 0 Å². The largest absolute Gasteiger partial charge is 0.456 e. The number of carbonyl (C=O) groups is 2. The highest BCUT2D eigenvalue weighted by Crippen LogP contribution is 2.36. The number of thioether (sulfide) groups is 1. The van der Waals surface area contributed by atoms with Gasteiger partial charge in [-0.15, -0.1) is 0 Å². The highest BCUT2D eigenvalue weighted by molar-refractivity contribution is 8.18. The minimum atomic E-state index is -0.487. The second-order valence-corrected chi connectivity index (χ2v) is 7.87. The smallest absolute Gasteiger partial charge is 0.293 e. The van der Waals surface area contributed by atoms with Gasteiger partial charge in [0.05, 0.1) is 21.9 Å². The topological polar surface area (TPSA) is 93.7 Å². The van der Waals surface area contributed by atoms with Gasteiger partial charge < -0.3 is 4.42 Å². The van der Waals surface area contributed by atoms with Crippen LogP contribution in [-0.2, 0) is 11.3 Å². The summed E-state index contributed by atoms with van der Waals surface area (Å²) in [6.07, 6.45) is 1.43. The molecule has 1 aliphatic heterocycles. The van der Waals surface area contributed by atoms with Gasteiger partial charge in [0, 0.05) is 12.1 Å². The number of imide groups is 1. The summed E-state index contributed by atoms with van der Waals surface area (Å²) < 4.78 is 18.8. The summed E-state index contributed by atoms with van der Waals surface area (Å²) in [4.78, 5) is 37.1. The molecule has 0 aliphatic carbocycles. The standard InChI is InChI=1S/C22H15FN2O5S/c1-13-2-8-17(18(10-13)25(28)29)19-9-7-16(30-19)11-20-21(26)24(22(27)31-20)12-14-3-5-15(23)6-4-14/h2-11H,12H2,1H3/b20-11-. The molecule has 0 spiro atoms. The highest BCUT2D eigenvalue weighted by atomic mass is 32.2. The molecule has 31 heavy (non-hydrogen) atoms. The zero-order chi connectivity index (χ0) is 22.1. The maximum Gasteiger partial charge on any atom is 0.293 e. The molecule has 1 saturated heterocycles. The van der Waals surface area contributed by atoms with Crippen LogP contribution >= 0.6 is 11.8 Å². The minimum Gasteiger partial charge on any atom is -0.456 e. The Morgan fingerprint density at radius 3 is 2.58 bits per heavy atom. The van der Waals surface area contributed by atoms with Crippen molar-refractivity contribution < 1.29 is 23.3 Å². The second kappa shape index (κ2) is 8.19. The Labute approximate surface area is 180 Å². The van der Waals surface area contributed by atoms with Crippen molar-refractivity contribution >= 4 is 34.7 Å². The fourth-order valence-corrected chi connectivity index (χ4v) is 3.93. The third-order valence-corrected chi connectivity index (χ3v) is 5.55. The fourth-order valence-electron chi connectivity index (χ4n) is 3.11. The lowest BCUT2D eigenvalue weighted by atomic mass is 10.1. The zero-order valence-electron chi connectivity index (χ0n) is 16.2. The van der Waals surface area contributed by atoms with Crippen LogP contribution in [-0.4, -0.2) is 21.0 Å². The van der Waals surface area contributed by atoms with Crippen molar-refractivity contribution in [2.24, 2.45) is 0 Å². The van der Waals surface area contributed by atoms with E-state index in [1.54, 1.807) is 31.2 Å². The number of nitrogens with zero attached hydrogens (tertiary/aromatic N) is 2. The molecule has 3 aromatic rings. The van der Waals surface area contributed by atoms with Crippen molar-refractivity contribution in [3.63, 3.8) is 0 Å². The first-order valence-corrected chi connectivity index (χ1v) is 9.98. The maximum atomic E-state index is 13.1. The minimum absolute atomic E-state index is 0.0290. The highest BCUT2D eigenvalue weighted by Gasteiger charge is 2.35. The van der Waals surface area contributed by atoms with E-state index in [4.69, 9.17) is 4.42 Å². The number of nitro groups is 1. The van der Waals surface area contributed by atoms with Crippen LogP contribution in [0.25, 0.3) is 17.4 Å². The van der Waals surface area contributed by atoms with Crippen LogP contribution in [0.2, 0.25) is 0 Å². The molecule has 156 valence electrons. The average molecular weight is 438 g/mol. The Hall–Kier alpha value is -3.72. The van der Waals surface area contributed by atoms with Gasteiger partial charge in [0.2, 0.25) is 0 Å². The van der Waals surface area contributed by atoms with Gasteiger partial charge in [-0.05, 0) is 60.1 Å². The van der Waals surface area contributed by atoms with Crippen LogP contribution in [0.1, 0.15) is 16.9 Å². The predicted octanol–water partition coefficient (Wildman–Crippen LogP) is 5.54. The lowest BCUT2D eigenvalue weighted by Gasteiger charge is -2.12. The Morgan fingerprint density at radius 2 is 1.87 bits per heavy atom. The van der Waals surface area contributed by atoms with E-state index in [0.717, 1.165) is 22.2 Å². The number of carbonyl (C=O) groups excluding carboxylic acids is 2. The van der Waals surface area contributed by atoms with Crippen LogP contribution in [0.3, 0.4) is 0 Å². The summed E-state index contributed by atoms with van der Waals surface area (Å²) in [6.45, 7) is 1.79. The van der Waals surface area contributed by atoms with Gasteiger partial charge >= 0.3 is 0 Å². The van der Waals surface area contributed by atoms with Crippen LogP contribution in [0.15, 0.2) is 63.9 Å². The van der Waals surface area contributed by atoms with Crippen molar-refractivity contribution in [3.8, 4) is 11.3 Å². The third-order valence-electron chi connectivity index (χ3n) is 4.64. The summed E-state index contributed by atoms with van der Waals surface area (Å²) in [5.74, 6) is -0.320. The van der Waals surface area contributed by atoms with E-state index >= 15 is 0 Å². The Morgan fingerprint density at radius 1 is 1.13 bits per heavy atom. The molecular weight excluding hydrogens is 423 g/mol. The average Bonchev–Trinajstić information content (AvgIpc) is 3.29. The summed E-state index contributed by atoms with van der Waals surface area (Å²) in [5, 5.41) is 10.9. The molecule has 2 aromatic carbocycles. The molecule has 0 atom stereocenters. The first kappa shape index (κ1) is 20.5. The van der Waals surface area contributed by atoms with E-state index in [9.17, 15) is 24.1 Å². The number of nitro benzene ring substituents is 1. The summed E-state index contributed by atoms with van der Waals surface area (Å²) in [5.41, 5.74) is 1.61. The summed E-state index contributed by atoms with van der Waals surface area (Å²) in [6, 6.07) is 13.5. The Kier molecular flexibility index (Phi) is 5.43. The molecule has 1 aromatic heterocycles. The molecule has 7 nitrogen and oxygen atoms in total. The molecule has 0 unspecified atom stereocenters. The van der Waals surface area contributed by atoms with Gasteiger partial charge in [0.1, 0.15) is 17.3 Å². The van der Waals surface area contributed by atoms with Gasteiger partial charge in [-0.2, -0.15) is 0 Å². The number of amides is 2. The number of halogens is 1. The number of benzene rings is 2. The molecule has 2 amide bonds. The van der Waals surface area contributed by atoms with E-state index < -0.39 is 21.9 Å². The molecule has 9 heteroatoms. The first-order valence-electron chi connectivity index (χ1n) is 9.17. The predicted molar refractivity (Wildman–Crippen MR) is 113 cm³/mol. The lowest BCUT2D eigenvalue weighted by Crippen LogP contribution is -2.27. The van der Waals surface area contributed by atoms with E-state index in [0.29, 0.717) is 11.1 Å². The molecule has 0 saturated carbocycles. The zero-order valence-corrected chi connectivity index (χ0v) is 17.0. The number of rotatable bonds is 5. The maximum absolute atomic E-state index is 13.1. The second-order valence-electron chi connectivity index (χ2n) is 6.87. The third kappa shape index (κ3) is 4.26. The molecule has 0 N–H and O–H groups in total. The monoisotopic (exact) mass is 438 g/mol. The summed E-state index contributed by atoms with van der Waals surface area (Å²) in [7, 11) is 0. The van der Waals surface area contributed by atoms with Gasteiger partial charge in [-0.1, -0.05) is 18.2 Å². The number of furan rings is 1. The van der Waals surface area contributed by atoms with Crippen LogP contribution in [0, 0.1) is 22.9 Å². The quantitative estimate of drug-likeness (QED) is 0.295. The van der Waals surface area contributed by atoms with E-state index in [-0.39, 0.29) is 28.7 Å². The van der Waals surface area contributed by atoms with Crippen LogP contribution in [0.4, 0.5) is 14.9 Å². The normalized spacial score (nSPS) is 15.2. The molecular formula is C22H15FN2O5S. The van der Waals surface area contributed by atoms with Crippen molar-refractivity contribution in [3.05, 3.63) is 92.3 Å². The van der Waals surface area contributed by atoms with Gasteiger partial charge in [-0.25, -0.2) is 4.39 Å². The van der Waals surface area contributed by atoms with Gasteiger partial charge in [0.25, 0.3) is 16.8 Å². The van der Waals surface area contributed by atoms with Crippen molar-refractivity contribution in [2.45, 2.75) is 13.5 Å². The number of hydrogen-bond donors (Lipinski definition) is 0. The van der Waals surface area contributed by atoms with Crippen LogP contribution < -0.4 is 0 Å². The van der Waals surface area contributed by atoms with E-state index in [2.05, 4.69) is 0 Å². The number of aryl methyl sites for hydroxylation is 1. The molecule has 2 heterocycles. The van der Waals surface area contributed by atoms with E-state index in [1.165, 1.54) is 36.4 Å². The molecule has 1 aliphatic rings. The Balaban J connectivity index is 1.57. The van der Waals surface area contributed by atoms with Gasteiger partial charge in [-0.3, -0.25) is 24.6 Å². The molecule has 0 radical (unpaired) electrons. The van der Waals surface area contributed by atoms with Crippen molar-refractivity contribution in [1.29, 1.82) is 0 Å². The summed E-state index contributed by atoms with van der Waals surface area (Å²) >= 11 is 0.770. The molecule has 4 rings (SSSR count). The lowest BCUT2D eigenvalue weighted by molar-refractivity contribution is -0.384. The van der Waals surface area contributed by atoms with E-state index in [1.807, 2.05) is 0 Å². The van der Waals surface area contributed by atoms with Crippen molar-refractivity contribution in [2.75, 3.05) is 0 Å². The Bertz CT molecular complexity index is 1230.